The van der Waals surface area contributed by atoms with Crippen molar-refractivity contribution in [3.05, 3.63) is 29.8 Å². The van der Waals surface area contributed by atoms with E-state index in [-0.39, 0.29) is 19.0 Å². The van der Waals surface area contributed by atoms with Crippen LogP contribution in [0.15, 0.2) is 24.3 Å². The molecule has 1 rings (SSSR count). The Morgan fingerprint density at radius 2 is 1.82 bits per heavy atom. The molecule has 0 unspecified atom stereocenters. The topological polar surface area (TPSA) is 72.8 Å². The number of alkyl halides is 3. The van der Waals surface area contributed by atoms with Crippen molar-refractivity contribution in [3.63, 3.8) is 0 Å². The van der Waals surface area contributed by atoms with Gasteiger partial charge in [-0.2, -0.15) is 13.2 Å². The van der Waals surface area contributed by atoms with Crippen LogP contribution >= 0.6 is 0 Å². The maximum atomic E-state index is 12.5. The summed E-state index contributed by atoms with van der Waals surface area (Å²) in [5.74, 6) is -1.98. The third-order valence-corrected chi connectivity index (χ3v) is 2.53. The molecule has 1 N–H and O–H groups in total. The molecule has 0 aromatic heterocycles. The fourth-order valence-electron chi connectivity index (χ4n) is 1.52. The standard InChI is InChI=1S/C14H15F3O5/c15-14(16,17)10-4-3-5-11(8-10)21-6-1-2-7-22-13(20)9-12(18)19/h3-5,8H,1-2,6-7,9H2,(H,18,19). The van der Waals surface area contributed by atoms with Crippen LogP contribution in [-0.2, 0) is 20.5 Å². The van der Waals surface area contributed by atoms with Crippen molar-refractivity contribution in [2.45, 2.75) is 25.4 Å². The molecule has 0 fully saturated rings. The minimum absolute atomic E-state index is 0.0397. The summed E-state index contributed by atoms with van der Waals surface area (Å²) in [4.78, 5) is 21.1. The van der Waals surface area contributed by atoms with Gasteiger partial charge < -0.3 is 14.6 Å². The highest BCUT2D eigenvalue weighted by Gasteiger charge is 2.30. The molecule has 1 aromatic carbocycles. The zero-order valence-corrected chi connectivity index (χ0v) is 11.6. The second-order valence-corrected chi connectivity index (χ2v) is 4.37. The predicted octanol–water partition coefficient (Wildman–Crippen LogP) is 2.88. The molecule has 22 heavy (non-hydrogen) atoms. The van der Waals surface area contributed by atoms with Gasteiger partial charge in [0, 0.05) is 0 Å². The molecule has 0 bridgehead atoms. The molecule has 8 heteroatoms. The molecule has 0 saturated heterocycles. The fourth-order valence-corrected chi connectivity index (χ4v) is 1.52. The Balaban J connectivity index is 2.23. The lowest BCUT2D eigenvalue weighted by Crippen LogP contribution is -2.11. The Morgan fingerprint density at radius 3 is 2.45 bits per heavy atom. The number of carboxylic acid groups (broad SMARTS) is 1. The first-order valence-electron chi connectivity index (χ1n) is 6.46. The van der Waals surface area contributed by atoms with E-state index >= 15 is 0 Å². The number of carbonyl (C=O) groups is 2. The quantitative estimate of drug-likeness (QED) is 0.453. The number of rotatable bonds is 8. The first-order chi connectivity index (χ1) is 10.3. The van der Waals surface area contributed by atoms with Crippen molar-refractivity contribution in [1.82, 2.24) is 0 Å². The molecule has 0 aliphatic heterocycles. The molecule has 0 aliphatic carbocycles. The largest absolute Gasteiger partial charge is 0.494 e. The summed E-state index contributed by atoms with van der Waals surface area (Å²) < 4.78 is 47.3. The zero-order valence-electron chi connectivity index (χ0n) is 11.6. The van der Waals surface area contributed by atoms with Crippen LogP contribution in [0.25, 0.3) is 0 Å². The molecule has 0 spiro atoms. The Bertz CT molecular complexity index is 513. The van der Waals surface area contributed by atoms with Gasteiger partial charge in [0.25, 0.3) is 0 Å². The SMILES string of the molecule is O=C(O)CC(=O)OCCCCOc1cccc(C(F)(F)F)c1. The van der Waals surface area contributed by atoms with E-state index in [1.54, 1.807) is 0 Å². The third kappa shape index (κ3) is 6.96. The van der Waals surface area contributed by atoms with Crippen LogP contribution in [0, 0.1) is 0 Å². The molecule has 0 heterocycles. The second kappa shape index (κ2) is 8.26. The third-order valence-electron chi connectivity index (χ3n) is 2.53. The zero-order chi connectivity index (χ0) is 16.6. The van der Waals surface area contributed by atoms with Crippen molar-refractivity contribution in [3.8, 4) is 5.75 Å². The van der Waals surface area contributed by atoms with Gasteiger partial charge in [-0.05, 0) is 31.0 Å². The molecule has 122 valence electrons. The smallest absolute Gasteiger partial charge is 0.416 e. The van der Waals surface area contributed by atoms with Gasteiger partial charge in [0.2, 0.25) is 0 Å². The maximum absolute atomic E-state index is 12.5. The molecule has 1 aromatic rings. The normalized spacial score (nSPS) is 11.0. The van der Waals surface area contributed by atoms with Crippen molar-refractivity contribution in [2.75, 3.05) is 13.2 Å². The summed E-state index contributed by atoms with van der Waals surface area (Å²) in [5.41, 5.74) is -0.785. The van der Waals surface area contributed by atoms with Gasteiger partial charge >= 0.3 is 18.1 Å². The molecular weight excluding hydrogens is 305 g/mol. The van der Waals surface area contributed by atoms with Crippen molar-refractivity contribution >= 4 is 11.9 Å². The summed E-state index contributed by atoms with van der Waals surface area (Å²) in [5, 5.41) is 8.33. The predicted molar refractivity (Wildman–Crippen MR) is 69.4 cm³/mol. The summed E-state index contributed by atoms with van der Waals surface area (Å²) in [6, 6.07) is 4.54. The molecule has 0 amide bonds. The first kappa shape index (κ1) is 17.8. The summed E-state index contributed by atoms with van der Waals surface area (Å²) in [6.07, 6.45) is -4.24. The van der Waals surface area contributed by atoms with Crippen LogP contribution in [0.1, 0.15) is 24.8 Å². The number of ether oxygens (including phenoxy) is 2. The highest BCUT2D eigenvalue weighted by atomic mass is 19.4. The van der Waals surface area contributed by atoms with Gasteiger partial charge in [-0.1, -0.05) is 6.07 Å². The average Bonchev–Trinajstić information content (AvgIpc) is 2.41. The van der Waals surface area contributed by atoms with Crippen molar-refractivity contribution in [2.24, 2.45) is 0 Å². The van der Waals surface area contributed by atoms with E-state index in [1.807, 2.05) is 0 Å². The lowest BCUT2D eigenvalue weighted by atomic mass is 10.2. The number of hydrogen-bond donors (Lipinski definition) is 1. The van der Waals surface area contributed by atoms with Crippen LogP contribution in [0.4, 0.5) is 13.2 Å². The Morgan fingerprint density at radius 1 is 1.14 bits per heavy atom. The number of unbranched alkanes of at least 4 members (excludes halogenated alkanes) is 1. The van der Waals surface area contributed by atoms with Crippen molar-refractivity contribution in [1.29, 1.82) is 0 Å². The molecule has 0 radical (unpaired) electrons. The highest BCUT2D eigenvalue weighted by molar-refractivity contribution is 5.90. The van der Waals surface area contributed by atoms with Crippen LogP contribution < -0.4 is 4.74 Å². The van der Waals surface area contributed by atoms with Gasteiger partial charge in [0.15, 0.2) is 0 Å². The molecular formula is C14H15F3O5. The van der Waals surface area contributed by atoms with E-state index in [1.165, 1.54) is 12.1 Å². The van der Waals surface area contributed by atoms with Gasteiger partial charge in [-0.25, -0.2) is 0 Å². The highest BCUT2D eigenvalue weighted by Crippen LogP contribution is 2.31. The first-order valence-corrected chi connectivity index (χ1v) is 6.46. The number of carbonyl (C=O) groups excluding carboxylic acids is 1. The van der Waals surface area contributed by atoms with Crippen LogP contribution in [-0.4, -0.2) is 30.3 Å². The van der Waals surface area contributed by atoms with Gasteiger partial charge in [-0.3, -0.25) is 9.59 Å². The van der Waals surface area contributed by atoms with Crippen LogP contribution in [0.2, 0.25) is 0 Å². The van der Waals surface area contributed by atoms with E-state index in [4.69, 9.17) is 9.84 Å². The minimum Gasteiger partial charge on any atom is -0.494 e. The molecule has 0 atom stereocenters. The van der Waals surface area contributed by atoms with Crippen LogP contribution in [0.5, 0.6) is 5.75 Å². The molecule has 0 saturated carbocycles. The van der Waals surface area contributed by atoms with E-state index in [0.717, 1.165) is 12.1 Å². The fraction of sp³-hybridized carbons (Fsp3) is 0.429. The number of hydrogen-bond acceptors (Lipinski definition) is 4. The number of esters is 1. The summed E-state index contributed by atoms with van der Waals surface area (Å²) >= 11 is 0. The summed E-state index contributed by atoms with van der Waals surface area (Å²) in [6.45, 7) is 0.204. The second-order valence-electron chi connectivity index (χ2n) is 4.37. The summed E-state index contributed by atoms with van der Waals surface area (Å²) in [7, 11) is 0. The lowest BCUT2D eigenvalue weighted by Gasteiger charge is -2.10. The number of halogens is 3. The Hall–Kier alpha value is -2.25. The maximum Gasteiger partial charge on any atom is 0.416 e. The van der Waals surface area contributed by atoms with E-state index in [0.29, 0.717) is 12.8 Å². The van der Waals surface area contributed by atoms with E-state index < -0.39 is 30.1 Å². The molecule has 5 nitrogen and oxygen atoms in total. The molecule has 0 aliphatic rings. The van der Waals surface area contributed by atoms with Crippen LogP contribution in [0.3, 0.4) is 0 Å². The monoisotopic (exact) mass is 320 g/mol. The van der Waals surface area contributed by atoms with E-state index in [9.17, 15) is 22.8 Å². The number of carboxylic acids is 1. The Kier molecular flexibility index (Phi) is 6.68. The number of benzene rings is 1. The lowest BCUT2D eigenvalue weighted by molar-refractivity contribution is -0.151. The number of aliphatic carboxylic acids is 1. The van der Waals surface area contributed by atoms with Crippen molar-refractivity contribution < 1.29 is 37.3 Å². The Labute approximate surface area is 124 Å². The van der Waals surface area contributed by atoms with Gasteiger partial charge in [0.1, 0.15) is 12.2 Å². The minimum atomic E-state index is -4.42. The van der Waals surface area contributed by atoms with E-state index in [2.05, 4.69) is 4.74 Å². The average molecular weight is 320 g/mol. The van der Waals surface area contributed by atoms with Gasteiger partial charge in [0.05, 0.1) is 18.8 Å². The van der Waals surface area contributed by atoms with Gasteiger partial charge in [-0.15, -0.1) is 0 Å².